The first-order valence-electron chi connectivity index (χ1n) is 5.98. The van der Waals surface area contributed by atoms with Gasteiger partial charge in [-0.25, -0.2) is 0 Å². The average molecular weight is 245 g/mol. The molecule has 90 valence electrons. The number of aryl methyl sites for hydroxylation is 2. The summed E-state index contributed by atoms with van der Waals surface area (Å²) in [5.74, 6) is 0. The molecule has 2 aromatic rings. The molecule has 0 aliphatic heterocycles. The molecule has 0 aliphatic carbocycles. The molecule has 0 bridgehead atoms. The maximum atomic E-state index is 3.41. The van der Waals surface area contributed by atoms with Gasteiger partial charge >= 0.3 is 0 Å². The standard InChI is InChI=1S/C15H19NS/c1-11-5-4-6-13(9-11)10-14(16-3)15-8-7-12(2)17-15/h4-9,14,16H,10H2,1-3H3. The normalized spacial score (nSPS) is 12.6. The van der Waals surface area contributed by atoms with Gasteiger partial charge in [0.25, 0.3) is 0 Å². The number of nitrogens with one attached hydrogen (secondary N) is 1. The molecule has 0 spiro atoms. The third-order valence-corrected chi connectivity index (χ3v) is 4.09. The Kier molecular flexibility index (Phi) is 3.97. The first-order chi connectivity index (χ1) is 8.19. The van der Waals surface area contributed by atoms with E-state index in [2.05, 4.69) is 55.6 Å². The lowest BCUT2D eigenvalue weighted by Crippen LogP contribution is -2.17. The van der Waals surface area contributed by atoms with Gasteiger partial charge in [0.05, 0.1) is 0 Å². The molecular formula is C15H19NS. The predicted molar refractivity (Wildman–Crippen MR) is 75.7 cm³/mol. The minimum Gasteiger partial charge on any atom is -0.312 e. The molecule has 0 aliphatic rings. The van der Waals surface area contributed by atoms with Gasteiger partial charge in [-0.05, 0) is 45.0 Å². The van der Waals surface area contributed by atoms with E-state index in [1.807, 2.05) is 18.4 Å². The molecule has 0 radical (unpaired) electrons. The van der Waals surface area contributed by atoms with Gasteiger partial charge in [0.2, 0.25) is 0 Å². The first-order valence-corrected chi connectivity index (χ1v) is 6.80. The highest BCUT2D eigenvalue weighted by atomic mass is 32.1. The summed E-state index contributed by atoms with van der Waals surface area (Å²) in [6.07, 6.45) is 1.05. The minimum atomic E-state index is 0.426. The van der Waals surface area contributed by atoms with Gasteiger partial charge in [0, 0.05) is 15.8 Å². The summed E-state index contributed by atoms with van der Waals surface area (Å²) in [6, 6.07) is 13.6. The van der Waals surface area contributed by atoms with Crippen LogP contribution in [0.4, 0.5) is 0 Å². The average Bonchev–Trinajstić information content (AvgIpc) is 2.73. The fraction of sp³-hybridized carbons (Fsp3) is 0.333. The quantitative estimate of drug-likeness (QED) is 0.862. The molecule has 0 saturated carbocycles. The van der Waals surface area contributed by atoms with Crippen LogP contribution in [0, 0.1) is 13.8 Å². The second-order valence-electron chi connectivity index (χ2n) is 4.48. The van der Waals surface area contributed by atoms with Crippen LogP contribution in [0.15, 0.2) is 36.4 Å². The van der Waals surface area contributed by atoms with E-state index in [1.54, 1.807) is 0 Å². The lowest BCUT2D eigenvalue weighted by atomic mass is 10.0. The highest BCUT2D eigenvalue weighted by Crippen LogP contribution is 2.25. The Hall–Kier alpha value is -1.12. The summed E-state index contributed by atoms with van der Waals surface area (Å²) in [4.78, 5) is 2.80. The lowest BCUT2D eigenvalue weighted by Gasteiger charge is -2.14. The largest absolute Gasteiger partial charge is 0.312 e. The predicted octanol–water partition coefficient (Wildman–Crippen LogP) is 3.87. The number of likely N-dealkylation sites (N-methyl/N-ethyl adjacent to an activating group) is 1. The summed E-state index contributed by atoms with van der Waals surface area (Å²) in [5, 5.41) is 3.41. The summed E-state index contributed by atoms with van der Waals surface area (Å²) < 4.78 is 0. The van der Waals surface area contributed by atoms with Crippen molar-refractivity contribution in [1.29, 1.82) is 0 Å². The Balaban J connectivity index is 2.15. The maximum absolute atomic E-state index is 3.41. The summed E-state index contributed by atoms with van der Waals surface area (Å²) >= 11 is 1.88. The van der Waals surface area contributed by atoms with Crippen LogP contribution in [0.3, 0.4) is 0 Å². The number of hydrogen-bond acceptors (Lipinski definition) is 2. The van der Waals surface area contributed by atoms with Gasteiger partial charge in [-0.3, -0.25) is 0 Å². The zero-order chi connectivity index (χ0) is 12.3. The molecule has 1 N–H and O–H groups in total. The van der Waals surface area contributed by atoms with Gasteiger partial charge in [0.15, 0.2) is 0 Å². The molecule has 1 heterocycles. The lowest BCUT2D eigenvalue weighted by molar-refractivity contribution is 0.602. The van der Waals surface area contributed by atoms with Gasteiger partial charge in [-0.1, -0.05) is 29.8 Å². The first kappa shape index (κ1) is 12.3. The molecule has 2 heteroatoms. The van der Waals surface area contributed by atoms with E-state index >= 15 is 0 Å². The van der Waals surface area contributed by atoms with Crippen molar-refractivity contribution in [2.45, 2.75) is 26.3 Å². The third kappa shape index (κ3) is 3.18. The zero-order valence-corrected chi connectivity index (χ0v) is 11.5. The van der Waals surface area contributed by atoms with Crippen LogP contribution in [0.5, 0.6) is 0 Å². The highest BCUT2D eigenvalue weighted by Gasteiger charge is 2.11. The maximum Gasteiger partial charge on any atom is 0.0453 e. The van der Waals surface area contributed by atoms with Crippen molar-refractivity contribution in [3.8, 4) is 0 Å². The topological polar surface area (TPSA) is 12.0 Å². The number of rotatable bonds is 4. The van der Waals surface area contributed by atoms with E-state index in [4.69, 9.17) is 0 Å². The van der Waals surface area contributed by atoms with E-state index in [0.29, 0.717) is 6.04 Å². The monoisotopic (exact) mass is 245 g/mol. The third-order valence-electron chi connectivity index (χ3n) is 2.98. The van der Waals surface area contributed by atoms with Crippen molar-refractivity contribution >= 4 is 11.3 Å². The fourth-order valence-electron chi connectivity index (χ4n) is 2.06. The van der Waals surface area contributed by atoms with Crippen molar-refractivity contribution in [2.24, 2.45) is 0 Å². The van der Waals surface area contributed by atoms with Crippen molar-refractivity contribution in [1.82, 2.24) is 5.32 Å². The minimum absolute atomic E-state index is 0.426. The molecule has 1 aromatic carbocycles. The Labute approximate surface area is 108 Å². The van der Waals surface area contributed by atoms with Crippen LogP contribution in [0.2, 0.25) is 0 Å². The van der Waals surface area contributed by atoms with Crippen molar-refractivity contribution < 1.29 is 0 Å². The van der Waals surface area contributed by atoms with E-state index in [-0.39, 0.29) is 0 Å². The highest BCUT2D eigenvalue weighted by molar-refractivity contribution is 7.12. The smallest absolute Gasteiger partial charge is 0.0453 e. The molecule has 1 unspecified atom stereocenters. The Morgan fingerprint density at radius 3 is 2.59 bits per heavy atom. The van der Waals surface area contributed by atoms with Crippen LogP contribution < -0.4 is 5.32 Å². The van der Waals surface area contributed by atoms with Crippen molar-refractivity contribution in [3.63, 3.8) is 0 Å². The van der Waals surface area contributed by atoms with Gasteiger partial charge in [-0.15, -0.1) is 11.3 Å². The number of benzene rings is 1. The molecule has 17 heavy (non-hydrogen) atoms. The SMILES string of the molecule is CNC(Cc1cccc(C)c1)c1ccc(C)s1. The molecule has 2 rings (SSSR count). The van der Waals surface area contributed by atoms with E-state index in [0.717, 1.165) is 6.42 Å². The van der Waals surface area contributed by atoms with Crippen molar-refractivity contribution in [3.05, 3.63) is 57.3 Å². The van der Waals surface area contributed by atoms with Crippen LogP contribution in [-0.4, -0.2) is 7.05 Å². The zero-order valence-electron chi connectivity index (χ0n) is 10.7. The molecule has 1 nitrogen and oxygen atoms in total. The molecule has 1 aromatic heterocycles. The van der Waals surface area contributed by atoms with Crippen LogP contribution in [-0.2, 0) is 6.42 Å². The summed E-state index contributed by atoms with van der Waals surface area (Å²) in [5.41, 5.74) is 2.73. The summed E-state index contributed by atoms with van der Waals surface area (Å²) in [6.45, 7) is 4.31. The Morgan fingerprint density at radius 1 is 1.18 bits per heavy atom. The molecule has 0 fully saturated rings. The van der Waals surface area contributed by atoms with Crippen LogP contribution >= 0.6 is 11.3 Å². The van der Waals surface area contributed by atoms with E-state index in [1.165, 1.54) is 20.9 Å². The second-order valence-corrected chi connectivity index (χ2v) is 5.80. The summed E-state index contributed by atoms with van der Waals surface area (Å²) in [7, 11) is 2.04. The Bertz CT molecular complexity index is 487. The molecule has 0 amide bonds. The van der Waals surface area contributed by atoms with E-state index in [9.17, 15) is 0 Å². The van der Waals surface area contributed by atoms with Crippen molar-refractivity contribution in [2.75, 3.05) is 7.05 Å². The van der Waals surface area contributed by atoms with Crippen LogP contribution in [0.1, 0.15) is 26.9 Å². The Morgan fingerprint density at radius 2 is 2.00 bits per heavy atom. The van der Waals surface area contributed by atoms with Crippen LogP contribution in [0.25, 0.3) is 0 Å². The van der Waals surface area contributed by atoms with E-state index < -0.39 is 0 Å². The fourth-order valence-corrected chi connectivity index (χ4v) is 3.05. The van der Waals surface area contributed by atoms with Gasteiger partial charge in [-0.2, -0.15) is 0 Å². The number of thiophene rings is 1. The molecular weight excluding hydrogens is 226 g/mol. The molecule has 1 atom stereocenters. The molecule has 0 saturated heterocycles. The van der Waals surface area contributed by atoms with Gasteiger partial charge < -0.3 is 5.32 Å². The second kappa shape index (κ2) is 5.48. The van der Waals surface area contributed by atoms with Gasteiger partial charge in [0.1, 0.15) is 0 Å². The number of hydrogen-bond donors (Lipinski definition) is 1.